The zero-order valence-corrected chi connectivity index (χ0v) is 21.8. The minimum absolute atomic E-state index is 0.0421. The van der Waals surface area contributed by atoms with Crippen molar-refractivity contribution in [3.63, 3.8) is 0 Å². The summed E-state index contributed by atoms with van der Waals surface area (Å²) < 4.78 is 10.8. The Hall–Kier alpha value is -1.06. The van der Waals surface area contributed by atoms with Crippen molar-refractivity contribution in [1.29, 1.82) is 0 Å². The zero-order valence-electron chi connectivity index (χ0n) is 21.8. The van der Waals surface area contributed by atoms with Gasteiger partial charge in [-0.1, -0.05) is 104 Å². The van der Waals surface area contributed by atoms with Crippen molar-refractivity contribution in [2.45, 2.75) is 162 Å². The van der Waals surface area contributed by atoms with Crippen LogP contribution in [0.25, 0.3) is 0 Å². The highest BCUT2D eigenvalue weighted by Crippen LogP contribution is 2.13. The highest BCUT2D eigenvalue weighted by atomic mass is 16.5. The van der Waals surface area contributed by atoms with Crippen LogP contribution in [0.2, 0.25) is 0 Å². The summed E-state index contributed by atoms with van der Waals surface area (Å²) in [5, 5.41) is 0. The Labute approximate surface area is 199 Å². The zero-order chi connectivity index (χ0) is 23.7. The van der Waals surface area contributed by atoms with E-state index < -0.39 is 0 Å². The second kappa shape index (κ2) is 24.6. The van der Waals surface area contributed by atoms with E-state index in [-0.39, 0.29) is 18.0 Å². The largest absolute Gasteiger partial charge is 0.466 e. The van der Waals surface area contributed by atoms with Crippen LogP contribution >= 0.6 is 0 Å². The van der Waals surface area contributed by atoms with Crippen LogP contribution in [0.15, 0.2) is 0 Å². The lowest BCUT2D eigenvalue weighted by Gasteiger charge is -2.13. The molecular formula is C28H54O4. The van der Waals surface area contributed by atoms with Crippen LogP contribution in [0.3, 0.4) is 0 Å². The van der Waals surface area contributed by atoms with E-state index in [1.54, 1.807) is 0 Å². The van der Waals surface area contributed by atoms with Gasteiger partial charge in [0.05, 0.1) is 12.7 Å². The first-order valence-corrected chi connectivity index (χ1v) is 13.9. The fourth-order valence-corrected chi connectivity index (χ4v) is 3.94. The van der Waals surface area contributed by atoms with Crippen molar-refractivity contribution in [3.05, 3.63) is 0 Å². The average Bonchev–Trinajstić information content (AvgIpc) is 2.77. The monoisotopic (exact) mass is 454 g/mol. The van der Waals surface area contributed by atoms with Crippen LogP contribution in [0.5, 0.6) is 0 Å². The molecule has 0 rings (SSSR count). The van der Waals surface area contributed by atoms with E-state index in [1.807, 2.05) is 6.92 Å². The van der Waals surface area contributed by atoms with Crippen LogP contribution in [-0.2, 0) is 19.1 Å². The van der Waals surface area contributed by atoms with Gasteiger partial charge in [-0.25, -0.2) is 0 Å². The minimum atomic E-state index is -0.0489. The summed E-state index contributed by atoms with van der Waals surface area (Å²) in [6.07, 6.45) is 23.2. The third-order valence-corrected chi connectivity index (χ3v) is 6.07. The number of carbonyl (C=O) groups excluding carboxylic acids is 2. The Bertz CT molecular complexity index is 422. The Morgan fingerprint density at radius 3 is 1.56 bits per heavy atom. The van der Waals surface area contributed by atoms with Gasteiger partial charge in [0.15, 0.2) is 0 Å². The lowest BCUT2D eigenvalue weighted by molar-refractivity contribution is -0.148. The molecule has 0 fully saturated rings. The maximum Gasteiger partial charge on any atom is 0.306 e. The van der Waals surface area contributed by atoms with Crippen LogP contribution < -0.4 is 0 Å². The molecule has 0 spiro atoms. The third-order valence-electron chi connectivity index (χ3n) is 6.07. The summed E-state index contributed by atoms with van der Waals surface area (Å²) in [5.41, 5.74) is 0. The molecule has 4 nitrogen and oxygen atoms in total. The molecule has 0 heterocycles. The lowest BCUT2D eigenvalue weighted by Crippen LogP contribution is -2.14. The van der Waals surface area contributed by atoms with Gasteiger partial charge in [0.1, 0.15) is 0 Å². The van der Waals surface area contributed by atoms with Gasteiger partial charge in [-0.3, -0.25) is 9.59 Å². The highest BCUT2D eigenvalue weighted by Gasteiger charge is 2.09. The molecule has 1 unspecified atom stereocenters. The van der Waals surface area contributed by atoms with Crippen LogP contribution in [-0.4, -0.2) is 24.6 Å². The first kappa shape index (κ1) is 30.9. The van der Waals surface area contributed by atoms with Crippen molar-refractivity contribution in [3.8, 4) is 0 Å². The lowest BCUT2D eigenvalue weighted by atomic mass is 10.1. The van der Waals surface area contributed by atoms with Gasteiger partial charge in [-0.2, -0.15) is 0 Å². The SMILES string of the molecule is CCCCCCCCCCOC(=O)CCCCCCCCC(=O)OC(C)CCCCCC. The fraction of sp³-hybridized carbons (Fsp3) is 0.929. The first-order chi connectivity index (χ1) is 15.6. The number of esters is 2. The molecule has 1 atom stereocenters. The van der Waals surface area contributed by atoms with Gasteiger partial charge in [-0.05, 0) is 39.0 Å². The van der Waals surface area contributed by atoms with Gasteiger partial charge in [0.2, 0.25) is 0 Å². The summed E-state index contributed by atoms with van der Waals surface area (Å²) in [6, 6.07) is 0. The third kappa shape index (κ3) is 23.6. The fourth-order valence-electron chi connectivity index (χ4n) is 3.94. The van der Waals surface area contributed by atoms with Crippen molar-refractivity contribution in [2.75, 3.05) is 6.61 Å². The number of ether oxygens (including phenoxy) is 2. The second-order valence-corrected chi connectivity index (χ2v) is 9.47. The van der Waals surface area contributed by atoms with Crippen molar-refractivity contribution >= 4 is 11.9 Å². The summed E-state index contributed by atoms with van der Waals surface area (Å²) in [5.74, 6) is -0.0910. The van der Waals surface area contributed by atoms with E-state index >= 15 is 0 Å². The molecule has 0 bridgehead atoms. The molecule has 0 aliphatic rings. The number of hydrogen-bond acceptors (Lipinski definition) is 4. The summed E-state index contributed by atoms with van der Waals surface area (Å²) in [7, 11) is 0. The summed E-state index contributed by atoms with van der Waals surface area (Å²) >= 11 is 0. The van der Waals surface area contributed by atoms with E-state index in [9.17, 15) is 9.59 Å². The predicted molar refractivity (Wildman–Crippen MR) is 135 cm³/mol. The summed E-state index contributed by atoms with van der Waals surface area (Å²) in [6.45, 7) is 7.04. The Balaban J connectivity index is 3.35. The molecule has 0 aromatic heterocycles. The molecule has 0 aliphatic carbocycles. The molecule has 0 saturated carbocycles. The molecule has 32 heavy (non-hydrogen) atoms. The smallest absolute Gasteiger partial charge is 0.306 e. The van der Waals surface area contributed by atoms with E-state index in [0.717, 1.165) is 57.8 Å². The summed E-state index contributed by atoms with van der Waals surface area (Å²) in [4.78, 5) is 23.6. The molecule has 0 radical (unpaired) electrons. The van der Waals surface area contributed by atoms with E-state index in [4.69, 9.17) is 9.47 Å². The topological polar surface area (TPSA) is 52.6 Å². The van der Waals surface area contributed by atoms with Crippen molar-refractivity contribution < 1.29 is 19.1 Å². The molecule has 190 valence electrons. The normalized spacial score (nSPS) is 12.0. The molecule has 0 aromatic carbocycles. The highest BCUT2D eigenvalue weighted by molar-refractivity contribution is 5.69. The van der Waals surface area contributed by atoms with Crippen LogP contribution in [0, 0.1) is 0 Å². The van der Waals surface area contributed by atoms with Gasteiger partial charge >= 0.3 is 11.9 Å². The average molecular weight is 455 g/mol. The van der Waals surface area contributed by atoms with Crippen LogP contribution in [0.1, 0.15) is 156 Å². The number of unbranched alkanes of at least 4 members (excludes halogenated alkanes) is 15. The molecule has 0 aliphatic heterocycles. The second-order valence-electron chi connectivity index (χ2n) is 9.47. The van der Waals surface area contributed by atoms with E-state index in [2.05, 4.69) is 13.8 Å². The standard InChI is InChI=1S/C28H54O4/c1-4-6-8-10-11-14-17-21-25-31-27(29)23-19-15-12-13-16-20-24-28(30)32-26(3)22-18-9-7-5-2/h26H,4-25H2,1-3H3. The number of carbonyl (C=O) groups is 2. The van der Waals surface area contributed by atoms with Crippen LogP contribution in [0.4, 0.5) is 0 Å². The van der Waals surface area contributed by atoms with Gasteiger partial charge in [0, 0.05) is 12.8 Å². The van der Waals surface area contributed by atoms with E-state index in [1.165, 1.54) is 64.2 Å². The Morgan fingerprint density at radius 2 is 1.00 bits per heavy atom. The number of rotatable bonds is 24. The van der Waals surface area contributed by atoms with Crippen molar-refractivity contribution in [1.82, 2.24) is 0 Å². The Morgan fingerprint density at radius 1 is 0.562 bits per heavy atom. The molecule has 0 amide bonds. The van der Waals surface area contributed by atoms with Gasteiger partial charge in [-0.15, -0.1) is 0 Å². The molecule has 0 aromatic rings. The molecule has 4 heteroatoms. The van der Waals surface area contributed by atoms with Gasteiger partial charge < -0.3 is 9.47 Å². The van der Waals surface area contributed by atoms with Gasteiger partial charge in [0.25, 0.3) is 0 Å². The maximum atomic E-state index is 11.9. The molecule has 0 saturated heterocycles. The first-order valence-electron chi connectivity index (χ1n) is 13.9. The Kier molecular flexibility index (Phi) is 23.8. The van der Waals surface area contributed by atoms with E-state index in [0.29, 0.717) is 19.4 Å². The quantitative estimate of drug-likeness (QED) is 0.108. The van der Waals surface area contributed by atoms with Crippen molar-refractivity contribution in [2.24, 2.45) is 0 Å². The molecular weight excluding hydrogens is 400 g/mol. The number of hydrogen-bond donors (Lipinski definition) is 0. The molecule has 0 N–H and O–H groups in total. The maximum absolute atomic E-state index is 11.9. The predicted octanol–water partition coefficient (Wildman–Crippen LogP) is 8.69. The minimum Gasteiger partial charge on any atom is -0.466 e.